The lowest BCUT2D eigenvalue weighted by Crippen LogP contribution is -2.48. The molecule has 1 N–H and O–H groups in total. The summed E-state index contributed by atoms with van der Waals surface area (Å²) in [6.45, 7) is 0.723. The van der Waals surface area contributed by atoms with E-state index in [0.29, 0.717) is 5.41 Å². The van der Waals surface area contributed by atoms with E-state index in [1.807, 2.05) is 4.68 Å². The Morgan fingerprint density at radius 2 is 1.67 bits per heavy atom. The van der Waals surface area contributed by atoms with Gasteiger partial charge in [-0.05, 0) is 97.1 Å². The number of benzene rings is 2. The minimum atomic E-state index is 0.389. The molecule has 1 heterocycles. The van der Waals surface area contributed by atoms with E-state index >= 15 is 0 Å². The maximum absolute atomic E-state index is 6.76. The highest BCUT2D eigenvalue weighted by Gasteiger charge is 2.51. The summed E-state index contributed by atoms with van der Waals surface area (Å²) in [6, 6.07) is 15.2. The Bertz CT molecular complexity index is 1010. The van der Waals surface area contributed by atoms with Crippen molar-refractivity contribution in [2.45, 2.75) is 50.5 Å². The Hall–Kier alpha value is -2.33. The second kappa shape index (κ2) is 7.12. The van der Waals surface area contributed by atoms with Gasteiger partial charge in [0.2, 0.25) is 0 Å². The molecule has 0 atom stereocenters. The van der Waals surface area contributed by atoms with Gasteiger partial charge >= 0.3 is 0 Å². The van der Waals surface area contributed by atoms with Crippen LogP contribution in [0, 0.1) is 17.8 Å². The highest BCUT2D eigenvalue weighted by molar-refractivity contribution is 6.33. The third-order valence-corrected chi connectivity index (χ3v) is 7.98. The lowest BCUT2D eigenvalue weighted by atomic mass is 9.48. The second-order valence-corrected chi connectivity index (χ2v) is 10.2. The predicted molar refractivity (Wildman–Crippen MR) is 120 cm³/mol. The van der Waals surface area contributed by atoms with E-state index in [1.54, 1.807) is 12.7 Å². The second-order valence-electron chi connectivity index (χ2n) is 9.81. The summed E-state index contributed by atoms with van der Waals surface area (Å²) >= 11 is 6.76. The number of nitrogens with one attached hydrogen (secondary N) is 1. The van der Waals surface area contributed by atoms with Crippen LogP contribution in [0.5, 0.6) is 0 Å². The first-order valence-corrected chi connectivity index (χ1v) is 11.5. The van der Waals surface area contributed by atoms with Gasteiger partial charge in [0.05, 0.1) is 17.3 Å². The first-order chi connectivity index (χ1) is 14.6. The van der Waals surface area contributed by atoms with Crippen LogP contribution in [-0.2, 0) is 12.0 Å². The van der Waals surface area contributed by atoms with Crippen molar-refractivity contribution in [3.05, 3.63) is 71.3 Å². The van der Waals surface area contributed by atoms with Crippen LogP contribution in [0.15, 0.2) is 55.1 Å². The summed E-state index contributed by atoms with van der Waals surface area (Å²) in [5.74, 6) is 2.84. The normalized spacial score (nSPS) is 29.3. The van der Waals surface area contributed by atoms with Gasteiger partial charge in [-0.15, -0.1) is 0 Å². The SMILES string of the molecule is Clc1cc(C23CC4CC(CC(C4)C2)C3)ccc1Nc1ccc(Cn2cncn2)cc1. The monoisotopic (exact) mass is 418 g/mol. The standard InChI is InChI=1S/C25H27ClN4/c26-23-10-21(25-11-18-7-19(12-25)9-20(8-18)13-25)3-6-24(23)29-22-4-1-17(2-5-22)14-30-16-27-15-28-30/h1-6,10,15-16,18-20,29H,7-9,11-14H2. The van der Waals surface area contributed by atoms with Crippen molar-refractivity contribution in [1.82, 2.24) is 14.8 Å². The zero-order valence-corrected chi connectivity index (χ0v) is 17.9. The molecule has 4 bridgehead atoms. The van der Waals surface area contributed by atoms with Crippen molar-refractivity contribution >= 4 is 23.0 Å². The average Bonchev–Trinajstić information content (AvgIpc) is 3.23. The third-order valence-electron chi connectivity index (χ3n) is 7.66. The summed E-state index contributed by atoms with van der Waals surface area (Å²) in [5.41, 5.74) is 5.07. The highest BCUT2D eigenvalue weighted by atomic mass is 35.5. The summed E-state index contributed by atoms with van der Waals surface area (Å²) in [6.07, 6.45) is 11.8. The van der Waals surface area contributed by atoms with Crippen LogP contribution in [0.1, 0.15) is 49.7 Å². The molecule has 1 aromatic heterocycles. The largest absolute Gasteiger partial charge is 0.354 e. The van der Waals surface area contributed by atoms with Crippen LogP contribution in [0.25, 0.3) is 0 Å². The molecular formula is C25H27ClN4. The zero-order valence-electron chi connectivity index (χ0n) is 17.1. The smallest absolute Gasteiger partial charge is 0.137 e. The summed E-state index contributed by atoms with van der Waals surface area (Å²) in [7, 11) is 0. The molecular weight excluding hydrogens is 392 g/mol. The molecule has 0 unspecified atom stereocenters. The molecule has 4 aliphatic rings. The molecule has 4 saturated carbocycles. The number of halogens is 1. The van der Waals surface area contributed by atoms with Crippen LogP contribution in [0.3, 0.4) is 0 Å². The Labute approximate surface area is 182 Å². The number of rotatable bonds is 5. The third kappa shape index (κ3) is 3.31. The number of anilines is 2. The van der Waals surface area contributed by atoms with Crippen molar-refractivity contribution in [2.24, 2.45) is 17.8 Å². The minimum absolute atomic E-state index is 0.389. The molecule has 0 aliphatic heterocycles. The first kappa shape index (κ1) is 18.4. The van der Waals surface area contributed by atoms with Crippen molar-refractivity contribution < 1.29 is 0 Å². The van der Waals surface area contributed by atoms with Crippen molar-refractivity contribution in [3.63, 3.8) is 0 Å². The Morgan fingerprint density at radius 1 is 0.967 bits per heavy atom. The quantitative estimate of drug-likeness (QED) is 0.537. The van der Waals surface area contributed by atoms with Crippen molar-refractivity contribution in [1.29, 1.82) is 0 Å². The molecule has 0 spiro atoms. The molecule has 3 aromatic rings. The van der Waals surface area contributed by atoms with E-state index in [1.165, 1.54) is 49.7 Å². The zero-order chi connectivity index (χ0) is 20.1. The molecule has 2 aromatic carbocycles. The molecule has 4 fully saturated rings. The lowest BCUT2D eigenvalue weighted by molar-refractivity contribution is -0.00517. The Kier molecular flexibility index (Phi) is 4.38. The van der Waals surface area contributed by atoms with Gasteiger partial charge in [0.25, 0.3) is 0 Å². The van der Waals surface area contributed by atoms with Gasteiger partial charge in [0.15, 0.2) is 0 Å². The van der Waals surface area contributed by atoms with Gasteiger partial charge < -0.3 is 5.32 Å². The van der Waals surface area contributed by atoms with E-state index < -0.39 is 0 Å². The van der Waals surface area contributed by atoms with Crippen LogP contribution >= 0.6 is 11.6 Å². The number of hydrogen-bond acceptors (Lipinski definition) is 3. The van der Waals surface area contributed by atoms with E-state index in [0.717, 1.165) is 40.7 Å². The maximum atomic E-state index is 6.76. The average molecular weight is 419 g/mol. The fourth-order valence-electron chi connectivity index (χ4n) is 6.76. The van der Waals surface area contributed by atoms with Crippen molar-refractivity contribution in [2.75, 3.05) is 5.32 Å². The van der Waals surface area contributed by atoms with Crippen LogP contribution in [-0.4, -0.2) is 14.8 Å². The van der Waals surface area contributed by atoms with E-state index in [2.05, 4.69) is 57.9 Å². The number of hydrogen-bond donors (Lipinski definition) is 1. The maximum Gasteiger partial charge on any atom is 0.137 e. The molecule has 0 radical (unpaired) electrons. The van der Waals surface area contributed by atoms with Gasteiger partial charge in [-0.25, -0.2) is 9.67 Å². The number of nitrogens with zero attached hydrogens (tertiary/aromatic N) is 3. The van der Waals surface area contributed by atoms with Gasteiger partial charge in [-0.1, -0.05) is 29.8 Å². The summed E-state index contributed by atoms with van der Waals surface area (Å²) < 4.78 is 1.82. The lowest BCUT2D eigenvalue weighted by Gasteiger charge is -2.57. The predicted octanol–water partition coefficient (Wildman–Crippen LogP) is 6.19. The van der Waals surface area contributed by atoms with Crippen LogP contribution in [0.4, 0.5) is 11.4 Å². The van der Waals surface area contributed by atoms with Crippen LogP contribution < -0.4 is 5.32 Å². The Balaban J connectivity index is 1.19. The minimum Gasteiger partial charge on any atom is -0.354 e. The highest BCUT2D eigenvalue weighted by Crippen LogP contribution is 2.61. The molecule has 0 amide bonds. The molecule has 4 aliphatic carbocycles. The first-order valence-electron chi connectivity index (χ1n) is 11.1. The molecule has 0 saturated heterocycles. The van der Waals surface area contributed by atoms with Gasteiger partial charge in [-0.3, -0.25) is 0 Å². The summed E-state index contributed by atoms with van der Waals surface area (Å²) in [5, 5.41) is 8.48. The molecule has 5 heteroatoms. The Morgan fingerprint density at radius 3 is 2.27 bits per heavy atom. The molecule has 154 valence electrons. The molecule has 4 nitrogen and oxygen atoms in total. The van der Waals surface area contributed by atoms with Crippen LogP contribution in [0.2, 0.25) is 5.02 Å². The van der Waals surface area contributed by atoms with Gasteiger partial charge in [0, 0.05) is 5.69 Å². The molecule has 7 rings (SSSR count). The topological polar surface area (TPSA) is 42.7 Å². The van der Waals surface area contributed by atoms with E-state index in [4.69, 9.17) is 11.6 Å². The summed E-state index contributed by atoms with van der Waals surface area (Å²) in [4.78, 5) is 3.99. The van der Waals surface area contributed by atoms with Gasteiger partial charge in [-0.2, -0.15) is 5.10 Å². The molecule has 30 heavy (non-hydrogen) atoms. The van der Waals surface area contributed by atoms with E-state index in [-0.39, 0.29) is 0 Å². The fraction of sp³-hybridized carbons (Fsp3) is 0.440. The fourth-order valence-corrected chi connectivity index (χ4v) is 6.99. The van der Waals surface area contributed by atoms with Crippen molar-refractivity contribution in [3.8, 4) is 0 Å². The van der Waals surface area contributed by atoms with E-state index in [9.17, 15) is 0 Å². The van der Waals surface area contributed by atoms with Gasteiger partial charge in [0.1, 0.15) is 12.7 Å². The number of aromatic nitrogens is 3.